The van der Waals surface area contributed by atoms with Crippen LogP contribution in [0.25, 0.3) is 0 Å². The van der Waals surface area contributed by atoms with Gasteiger partial charge in [-0.2, -0.15) is 4.31 Å². The smallest absolute Gasteiger partial charge is 0.216 e. The van der Waals surface area contributed by atoms with Crippen LogP contribution in [0.5, 0.6) is 0 Å². The second-order valence-electron chi connectivity index (χ2n) is 4.99. The van der Waals surface area contributed by atoms with Crippen molar-refractivity contribution in [3.63, 3.8) is 0 Å². The largest absolute Gasteiger partial charge is 0.399 e. The minimum Gasteiger partial charge on any atom is -0.399 e. The molecule has 0 amide bonds. The topological polar surface area (TPSA) is 75.9 Å². The number of rotatable bonds is 6. The molecule has 21 heavy (non-hydrogen) atoms. The van der Waals surface area contributed by atoms with Gasteiger partial charge in [-0.3, -0.25) is 0 Å². The zero-order chi connectivity index (χ0) is 15.3. The molecule has 0 bridgehead atoms. The third-order valence-corrected chi connectivity index (χ3v) is 5.41. The molecule has 0 atom stereocenters. The van der Waals surface area contributed by atoms with Gasteiger partial charge in [0.2, 0.25) is 10.0 Å². The Kier molecular flexibility index (Phi) is 5.44. The van der Waals surface area contributed by atoms with Crippen molar-refractivity contribution in [1.29, 1.82) is 0 Å². The van der Waals surface area contributed by atoms with Crippen molar-refractivity contribution in [2.24, 2.45) is 0 Å². The van der Waals surface area contributed by atoms with Crippen LogP contribution in [-0.4, -0.2) is 57.9 Å². The van der Waals surface area contributed by atoms with Crippen LogP contribution in [0.1, 0.15) is 6.92 Å². The monoisotopic (exact) mass is 313 g/mol. The Morgan fingerprint density at radius 2 is 1.76 bits per heavy atom. The first kappa shape index (κ1) is 16.1. The zero-order valence-corrected chi connectivity index (χ0v) is 13.2. The lowest BCUT2D eigenvalue weighted by atomic mass is 10.2. The van der Waals surface area contributed by atoms with Gasteiger partial charge in [-0.05, 0) is 31.2 Å². The van der Waals surface area contributed by atoms with Crippen LogP contribution in [0.2, 0.25) is 0 Å². The lowest BCUT2D eigenvalue weighted by Gasteiger charge is -2.35. The lowest BCUT2D eigenvalue weighted by molar-refractivity contribution is 0.162. The van der Waals surface area contributed by atoms with Crippen LogP contribution in [0.3, 0.4) is 0 Å². The summed E-state index contributed by atoms with van der Waals surface area (Å²) < 4.78 is 31.0. The Labute approximate surface area is 126 Å². The molecule has 0 aliphatic carbocycles. The SMILES string of the molecule is CCOCCS(=O)(=O)N1CCN(c2ccc(N)cc2)CC1. The number of hydrogen-bond donors (Lipinski definition) is 1. The predicted octanol–water partition coefficient (Wildman–Crippen LogP) is 0.757. The Hall–Kier alpha value is -1.31. The third kappa shape index (κ3) is 4.33. The van der Waals surface area contributed by atoms with E-state index in [1.54, 1.807) is 4.31 Å². The first-order valence-electron chi connectivity index (χ1n) is 7.19. The number of ether oxygens (including phenoxy) is 1. The number of sulfonamides is 1. The van der Waals surface area contributed by atoms with Crippen LogP contribution in [0.15, 0.2) is 24.3 Å². The summed E-state index contributed by atoms with van der Waals surface area (Å²) in [5, 5.41) is 0. The van der Waals surface area contributed by atoms with Crippen molar-refractivity contribution < 1.29 is 13.2 Å². The predicted molar refractivity (Wildman–Crippen MR) is 84.9 cm³/mol. The first-order chi connectivity index (χ1) is 10.0. The molecule has 6 nitrogen and oxygen atoms in total. The second-order valence-corrected chi connectivity index (χ2v) is 7.08. The van der Waals surface area contributed by atoms with Gasteiger partial charge >= 0.3 is 0 Å². The van der Waals surface area contributed by atoms with Crippen LogP contribution in [-0.2, 0) is 14.8 Å². The highest BCUT2D eigenvalue weighted by atomic mass is 32.2. The molecule has 0 radical (unpaired) electrons. The van der Waals surface area contributed by atoms with Gasteiger partial charge in [-0.1, -0.05) is 0 Å². The molecule has 1 aliphatic heterocycles. The fourth-order valence-electron chi connectivity index (χ4n) is 2.35. The fourth-order valence-corrected chi connectivity index (χ4v) is 3.65. The minimum atomic E-state index is -3.21. The van der Waals surface area contributed by atoms with Gasteiger partial charge in [-0.15, -0.1) is 0 Å². The normalized spacial score (nSPS) is 17.1. The van der Waals surface area contributed by atoms with Crippen molar-refractivity contribution in [1.82, 2.24) is 4.31 Å². The maximum atomic E-state index is 12.2. The quantitative estimate of drug-likeness (QED) is 0.620. The van der Waals surface area contributed by atoms with Gasteiger partial charge in [0.15, 0.2) is 0 Å². The molecule has 7 heteroatoms. The average Bonchev–Trinajstić information content (AvgIpc) is 2.48. The summed E-state index contributed by atoms with van der Waals surface area (Å²) in [4.78, 5) is 2.17. The van der Waals surface area contributed by atoms with E-state index >= 15 is 0 Å². The minimum absolute atomic E-state index is 0.0582. The summed E-state index contributed by atoms with van der Waals surface area (Å²) in [6.45, 7) is 5.07. The zero-order valence-electron chi connectivity index (χ0n) is 12.4. The number of nitrogen functional groups attached to an aromatic ring is 1. The van der Waals surface area contributed by atoms with E-state index in [9.17, 15) is 8.42 Å². The van der Waals surface area contributed by atoms with Crippen LogP contribution in [0.4, 0.5) is 11.4 Å². The average molecular weight is 313 g/mol. The Balaban J connectivity index is 1.89. The highest BCUT2D eigenvalue weighted by Gasteiger charge is 2.26. The Morgan fingerprint density at radius 3 is 2.33 bits per heavy atom. The highest BCUT2D eigenvalue weighted by molar-refractivity contribution is 7.89. The number of nitrogens with zero attached hydrogens (tertiary/aromatic N) is 2. The molecular weight excluding hydrogens is 290 g/mol. The van der Waals surface area contributed by atoms with E-state index in [-0.39, 0.29) is 12.4 Å². The summed E-state index contributed by atoms with van der Waals surface area (Å²) in [5.41, 5.74) is 7.49. The number of piperazine rings is 1. The Bertz CT molecular complexity index is 537. The van der Waals surface area contributed by atoms with Gasteiger partial charge < -0.3 is 15.4 Å². The molecule has 0 spiro atoms. The number of hydrogen-bond acceptors (Lipinski definition) is 5. The molecule has 0 saturated carbocycles. The maximum Gasteiger partial charge on any atom is 0.216 e. The van der Waals surface area contributed by atoms with Gasteiger partial charge in [-0.25, -0.2) is 8.42 Å². The van der Waals surface area contributed by atoms with E-state index in [0.717, 1.165) is 11.4 Å². The third-order valence-electron chi connectivity index (χ3n) is 3.58. The molecule has 118 valence electrons. The first-order valence-corrected chi connectivity index (χ1v) is 8.80. The van der Waals surface area contributed by atoms with Crippen molar-refractivity contribution in [2.45, 2.75) is 6.92 Å². The molecule has 1 aromatic rings. The molecule has 2 N–H and O–H groups in total. The van der Waals surface area contributed by atoms with Crippen LogP contribution >= 0.6 is 0 Å². The van der Waals surface area contributed by atoms with E-state index in [1.165, 1.54) is 0 Å². The maximum absolute atomic E-state index is 12.2. The summed E-state index contributed by atoms with van der Waals surface area (Å²) >= 11 is 0. The standard InChI is InChI=1S/C14H23N3O3S/c1-2-20-11-12-21(18,19)17-9-7-16(8-10-17)14-5-3-13(15)4-6-14/h3-6H,2,7-12,15H2,1H3. The summed E-state index contributed by atoms with van der Waals surface area (Å²) in [5.74, 6) is 0.0582. The number of nitrogens with two attached hydrogens (primary N) is 1. The van der Waals surface area contributed by atoms with E-state index in [2.05, 4.69) is 4.90 Å². The van der Waals surface area contributed by atoms with Crippen molar-refractivity contribution in [3.05, 3.63) is 24.3 Å². The molecule has 0 aromatic heterocycles. The van der Waals surface area contributed by atoms with Crippen molar-refractivity contribution in [2.75, 3.05) is 55.8 Å². The molecule has 1 saturated heterocycles. The summed E-state index contributed by atoms with van der Waals surface area (Å²) in [6, 6.07) is 7.66. The fraction of sp³-hybridized carbons (Fsp3) is 0.571. The molecule has 1 aromatic carbocycles. The van der Waals surface area contributed by atoms with E-state index in [0.29, 0.717) is 32.8 Å². The molecule has 0 unspecified atom stereocenters. The Morgan fingerprint density at radius 1 is 1.14 bits per heavy atom. The summed E-state index contributed by atoms with van der Waals surface area (Å²) in [7, 11) is -3.21. The van der Waals surface area contributed by atoms with Gasteiger partial charge in [0.1, 0.15) is 0 Å². The summed E-state index contributed by atoms with van der Waals surface area (Å²) in [6.07, 6.45) is 0. The van der Waals surface area contributed by atoms with Gasteiger partial charge in [0.05, 0.1) is 12.4 Å². The van der Waals surface area contributed by atoms with E-state index < -0.39 is 10.0 Å². The highest BCUT2D eigenvalue weighted by Crippen LogP contribution is 2.19. The van der Waals surface area contributed by atoms with Crippen LogP contribution in [0, 0.1) is 0 Å². The molecular formula is C14H23N3O3S. The molecule has 2 rings (SSSR count). The van der Waals surface area contributed by atoms with Crippen LogP contribution < -0.4 is 10.6 Å². The van der Waals surface area contributed by atoms with Gasteiger partial charge in [0, 0.05) is 44.2 Å². The second kappa shape index (κ2) is 7.11. The molecule has 1 aliphatic rings. The van der Waals surface area contributed by atoms with Crippen molar-refractivity contribution >= 4 is 21.4 Å². The molecule has 1 fully saturated rings. The number of benzene rings is 1. The number of anilines is 2. The van der Waals surface area contributed by atoms with E-state index in [4.69, 9.17) is 10.5 Å². The molecule has 1 heterocycles. The van der Waals surface area contributed by atoms with E-state index in [1.807, 2.05) is 31.2 Å². The van der Waals surface area contributed by atoms with Crippen molar-refractivity contribution in [3.8, 4) is 0 Å². The lowest BCUT2D eigenvalue weighted by Crippen LogP contribution is -2.49. The van der Waals surface area contributed by atoms with Gasteiger partial charge in [0.25, 0.3) is 0 Å².